The number of ether oxygens (including phenoxy) is 1. The quantitative estimate of drug-likeness (QED) is 0.453. The van der Waals surface area contributed by atoms with Gasteiger partial charge in [-0.3, -0.25) is 4.79 Å². The van der Waals surface area contributed by atoms with Gasteiger partial charge in [-0.15, -0.1) is 0 Å². The van der Waals surface area contributed by atoms with Crippen LogP contribution in [0.25, 0.3) is 0 Å². The van der Waals surface area contributed by atoms with E-state index in [1.165, 1.54) is 5.56 Å². The van der Waals surface area contributed by atoms with E-state index >= 15 is 0 Å². The van der Waals surface area contributed by atoms with Gasteiger partial charge < -0.3 is 4.74 Å². The largest absolute Gasteiger partial charge is 0.484 e. The van der Waals surface area contributed by atoms with E-state index in [1.54, 1.807) is 6.21 Å². The minimum absolute atomic E-state index is 0.0604. The number of hydrogen-bond acceptors (Lipinski definition) is 3. The summed E-state index contributed by atoms with van der Waals surface area (Å²) < 4.78 is 6.52. The van der Waals surface area contributed by atoms with Gasteiger partial charge in [-0.1, -0.05) is 31.2 Å². The van der Waals surface area contributed by atoms with Gasteiger partial charge >= 0.3 is 0 Å². The number of benzene rings is 2. The number of rotatable bonds is 6. The molecular weight excluding hydrogens is 391 g/mol. The van der Waals surface area contributed by atoms with Gasteiger partial charge in [0.15, 0.2) is 6.61 Å². The fourth-order valence-corrected chi connectivity index (χ4v) is 2.34. The third-order valence-corrected chi connectivity index (χ3v) is 3.62. The van der Waals surface area contributed by atoms with E-state index in [2.05, 4.69) is 40.0 Å². The van der Waals surface area contributed by atoms with E-state index in [0.717, 1.165) is 15.6 Å². The SMILES string of the molecule is CCc1ccc(OCC(=O)NN=Cc2cccc(I)c2)cc1. The lowest BCUT2D eigenvalue weighted by atomic mass is 10.2. The lowest BCUT2D eigenvalue weighted by Crippen LogP contribution is -2.24. The van der Waals surface area contributed by atoms with Gasteiger partial charge in [0.1, 0.15) is 5.75 Å². The van der Waals surface area contributed by atoms with Gasteiger partial charge in [0.2, 0.25) is 0 Å². The molecule has 0 saturated carbocycles. The topological polar surface area (TPSA) is 50.7 Å². The van der Waals surface area contributed by atoms with Crippen LogP contribution in [0.4, 0.5) is 0 Å². The van der Waals surface area contributed by atoms with Crippen molar-refractivity contribution >= 4 is 34.7 Å². The van der Waals surface area contributed by atoms with Crippen molar-refractivity contribution in [1.29, 1.82) is 0 Å². The summed E-state index contributed by atoms with van der Waals surface area (Å²) in [4.78, 5) is 11.6. The van der Waals surface area contributed by atoms with Crippen molar-refractivity contribution in [3.63, 3.8) is 0 Å². The molecule has 0 atom stereocenters. The molecule has 1 amide bonds. The maximum absolute atomic E-state index is 11.6. The number of amides is 1. The number of carbonyl (C=O) groups excluding carboxylic acids is 1. The Balaban J connectivity index is 1.77. The van der Waals surface area contributed by atoms with E-state index in [9.17, 15) is 4.79 Å². The molecule has 0 radical (unpaired) electrons. The third-order valence-electron chi connectivity index (χ3n) is 2.95. The highest BCUT2D eigenvalue weighted by Crippen LogP contribution is 2.12. The molecule has 22 heavy (non-hydrogen) atoms. The Morgan fingerprint density at radius 1 is 1.27 bits per heavy atom. The van der Waals surface area contributed by atoms with Crippen LogP contribution in [0, 0.1) is 3.57 Å². The number of nitrogens with one attached hydrogen (secondary N) is 1. The Hall–Kier alpha value is -1.89. The Morgan fingerprint density at radius 3 is 2.73 bits per heavy atom. The Bertz CT molecular complexity index is 654. The molecule has 0 aliphatic heterocycles. The van der Waals surface area contributed by atoms with E-state index in [4.69, 9.17) is 4.74 Å². The second-order valence-electron chi connectivity index (χ2n) is 4.63. The lowest BCUT2D eigenvalue weighted by Gasteiger charge is -2.05. The van der Waals surface area contributed by atoms with Gasteiger partial charge in [-0.25, -0.2) is 5.43 Å². The molecule has 0 heterocycles. The Kier molecular flexibility index (Phi) is 6.39. The maximum Gasteiger partial charge on any atom is 0.277 e. The fraction of sp³-hybridized carbons (Fsp3) is 0.176. The molecule has 0 saturated heterocycles. The van der Waals surface area contributed by atoms with Crippen molar-refractivity contribution in [2.75, 3.05) is 6.61 Å². The van der Waals surface area contributed by atoms with Crippen molar-refractivity contribution in [1.82, 2.24) is 5.43 Å². The predicted octanol–water partition coefficient (Wildman–Crippen LogP) is 3.38. The van der Waals surface area contributed by atoms with Crippen LogP contribution < -0.4 is 10.2 Å². The predicted molar refractivity (Wildman–Crippen MR) is 96.2 cm³/mol. The van der Waals surface area contributed by atoms with Crippen LogP contribution >= 0.6 is 22.6 Å². The van der Waals surface area contributed by atoms with Crippen LogP contribution in [0.2, 0.25) is 0 Å². The number of hydrazone groups is 1. The monoisotopic (exact) mass is 408 g/mol. The summed E-state index contributed by atoms with van der Waals surface area (Å²) in [5.41, 5.74) is 4.62. The first-order chi connectivity index (χ1) is 10.7. The second kappa shape index (κ2) is 8.53. The Morgan fingerprint density at radius 2 is 2.05 bits per heavy atom. The second-order valence-corrected chi connectivity index (χ2v) is 5.88. The molecule has 2 aromatic rings. The van der Waals surface area contributed by atoms with E-state index in [0.29, 0.717) is 5.75 Å². The summed E-state index contributed by atoms with van der Waals surface area (Å²) in [5, 5.41) is 3.91. The molecule has 0 aliphatic rings. The molecule has 2 rings (SSSR count). The molecule has 0 spiro atoms. The summed E-state index contributed by atoms with van der Waals surface area (Å²) in [6, 6.07) is 15.5. The zero-order valence-electron chi connectivity index (χ0n) is 12.3. The zero-order valence-corrected chi connectivity index (χ0v) is 14.4. The molecule has 114 valence electrons. The first-order valence-corrected chi connectivity index (χ1v) is 8.04. The van der Waals surface area contributed by atoms with Crippen LogP contribution in [0.5, 0.6) is 5.75 Å². The van der Waals surface area contributed by atoms with E-state index in [1.807, 2.05) is 48.5 Å². The van der Waals surface area contributed by atoms with Crippen molar-refractivity contribution < 1.29 is 9.53 Å². The first-order valence-electron chi connectivity index (χ1n) is 6.96. The molecule has 0 aromatic heterocycles. The van der Waals surface area contributed by atoms with E-state index < -0.39 is 0 Å². The summed E-state index contributed by atoms with van der Waals surface area (Å²) in [6.07, 6.45) is 2.59. The highest BCUT2D eigenvalue weighted by atomic mass is 127. The standard InChI is InChI=1S/C17H17IN2O2/c1-2-13-6-8-16(9-7-13)22-12-17(21)20-19-11-14-4-3-5-15(18)10-14/h3-11H,2,12H2,1H3,(H,20,21). The maximum atomic E-state index is 11.6. The molecule has 0 aliphatic carbocycles. The highest BCUT2D eigenvalue weighted by Gasteiger charge is 2.01. The van der Waals surface area contributed by atoms with Gasteiger partial charge in [0.05, 0.1) is 6.21 Å². The summed E-state index contributed by atoms with van der Waals surface area (Å²) in [6.45, 7) is 2.03. The average molecular weight is 408 g/mol. The van der Waals surface area contributed by atoms with Crippen LogP contribution in [0.1, 0.15) is 18.1 Å². The van der Waals surface area contributed by atoms with Crippen molar-refractivity contribution in [2.45, 2.75) is 13.3 Å². The number of nitrogens with zero attached hydrogens (tertiary/aromatic N) is 1. The number of halogens is 1. The fourth-order valence-electron chi connectivity index (χ4n) is 1.77. The minimum atomic E-state index is -0.290. The van der Waals surface area contributed by atoms with Gasteiger partial charge in [-0.2, -0.15) is 5.10 Å². The smallest absolute Gasteiger partial charge is 0.277 e. The molecule has 1 N–H and O–H groups in total. The zero-order chi connectivity index (χ0) is 15.8. The molecule has 0 fully saturated rings. The molecule has 4 nitrogen and oxygen atoms in total. The number of carbonyl (C=O) groups is 1. The molecule has 0 bridgehead atoms. The number of hydrogen-bond donors (Lipinski definition) is 1. The minimum Gasteiger partial charge on any atom is -0.484 e. The molecule has 2 aromatic carbocycles. The summed E-state index contributed by atoms with van der Waals surface area (Å²) >= 11 is 2.23. The number of aryl methyl sites for hydroxylation is 1. The Labute approximate surface area is 143 Å². The van der Waals surface area contributed by atoms with Gasteiger partial charge in [-0.05, 0) is 64.4 Å². The van der Waals surface area contributed by atoms with E-state index in [-0.39, 0.29) is 12.5 Å². The average Bonchev–Trinajstić information content (AvgIpc) is 2.53. The van der Waals surface area contributed by atoms with Crippen LogP contribution in [0.3, 0.4) is 0 Å². The summed E-state index contributed by atoms with van der Waals surface area (Å²) in [5.74, 6) is 0.385. The molecule has 0 unspecified atom stereocenters. The molecule has 5 heteroatoms. The first kappa shape index (κ1) is 16.5. The van der Waals surface area contributed by atoms with Crippen LogP contribution in [-0.2, 0) is 11.2 Å². The van der Waals surface area contributed by atoms with Crippen molar-refractivity contribution in [3.05, 3.63) is 63.2 Å². The lowest BCUT2D eigenvalue weighted by molar-refractivity contribution is -0.123. The summed E-state index contributed by atoms with van der Waals surface area (Å²) in [7, 11) is 0. The van der Waals surface area contributed by atoms with Crippen molar-refractivity contribution in [3.8, 4) is 5.75 Å². The third kappa shape index (κ3) is 5.48. The van der Waals surface area contributed by atoms with Crippen LogP contribution in [0.15, 0.2) is 53.6 Å². The highest BCUT2D eigenvalue weighted by molar-refractivity contribution is 14.1. The normalized spacial score (nSPS) is 10.6. The van der Waals surface area contributed by atoms with Gasteiger partial charge in [0.25, 0.3) is 5.91 Å². The van der Waals surface area contributed by atoms with Crippen LogP contribution in [-0.4, -0.2) is 18.7 Å². The van der Waals surface area contributed by atoms with Gasteiger partial charge in [0, 0.05) is 3.57 Å². The molecular formula is C17H17IN2O2. The van der Waals surface area contributed by atoms with Crippen molar-refractivity contribution in [2.24, 2.45) is 5.10 Å².